The summed E-state index contributed by atoms with van der Waals surface area (Å²) in [5.74, 6) is -1.81. The molecule has 2 aromatic carbocycles. The van der Waals surface area contributed by atoms with Crippen molar-refractivity contribution in [2.45, 2.75) is 31.4 Å². The summed E-state index contributed by atoms with van der Waals surface area (Å²) in [5.41, 5.74) is 1.35. The van der Waals surface area contributed by atoms with Gasteiger partial charge in [-0.15, -0.1) is 0 Å². The van der Waals surface area contributed by atoms with Gasteiger partial charge in [0, 0.05) is 17.0 Å². The minimum atomic E-state index is -1.73. The second kappa shape index (κ2) is 9.63. The van der Waals surface area contributed by atoms with Crippen LogP contribution < -0.4 is 5.32 Å². The summed E-state index contributed by atoms with van der Waals surface area (Å²) in [7, 11) is -1.73. The molecular formula is C24H21N3O7S. The average molecular weight is 496 g/mol. The Morgan fingerprint density at radius 2 is 1.80 bits per heavy atom. The minimum absolute atomic E-state index is 0.0456. The maximum atomic E-state index is 13.0. The molecule has 1 saturated heterocycles. The Kier molecular flexibility index (Phi) is 6.61. The molecule has 1 fully saturated rings. The molecule has 4 rings (SSSR count). The van der Waals surface area contributed by atoms with Gasteiger partial charge in [-0.1, -0.05) is 36.9 Å². The molecule has 0 spiro atoms. The van der Waals surface area contributed by atoms with Gasteiger partial charge in [0.25, 0.3) is 11.6 Å². The monoisotopic (exact) mass is 495 g/mol. The highest BCUT2D eigenvalue weighted by Crippen LogP contribution is 2.39. The summed E-state index contributed by atoms with van der Waals surface area (Å²) in [4.78, 5) is 49.8. The van der Waals surface area contributed by atoms with Gasteiger partial charge < -0.3 is 10.1 Å². The molecule has 0 radical (unpaired) electrons. The summed E-state index contributed by atoms with van der Waals surface area (Å²) < 4.78 is 18.3. The highest BCUT2D eigenvalue weighted by Gasteiger charge is 2.57. The van der Waals surface area contributed by atoms with Crippen LogP contribution in [0.15, 0.2) is 77.4 Å². The van der Waals surface area contributed by atoms with Crippen molar-refractivity contribution < 1.29 is 28.3 Å². The van der Waals surface area contributed by atoms with E-state index in [9.17, 15) is 28.7 Å². The summed E-state index contributed by atoms with van der Waals surface area (Å²) in [5, 5.41) is 12.4. The van der Waals surface area contributed by atoms with Gasteiger partial charge in [-0.2, -0.15) is 0 Å². The number of nitrogens with one attached hydrogen (secondary N) is 1. The fourth-order valence-electron chi connectivity index (χ4n) is 3.85. The zero-order valence-corrected chi connectivity index (χ0v) is 19.4. The highest BCUT2D eigenvalue weighted by atomic mass is 32.2. The van der Waals surface area contributed by atoms with Crippen molar-refractivity contribution in [3.05, 3.63) is 98.6 Å². The van der Waals surface area contributed by atoms with E-state index in [0.29, 0.717) is 5.56 Å². The number of hydrogen-bond acceptors (Lipinski definition) is 7. The number of β-lactam (4-membered cyclic amide) rings is 1. The number of nitro groups is 1. The molecule has 2 heterocycles. The molecule has 3 atom stereocenters. The molecule has 2 aromatic rings. The van der Waals surface area contributed by atoms with E-state index in [-0.39, 0.29) is 34.9 Å². The lowest BCUT2D eigenvalue weighted by molar-refractivity contribution is -0.384. The number of nitrogens with zero attached hydrogens (tertiary/aromatic N) is 2. The summed E-state index contributed by atoms with van der Waals surface area (Å²) in [6.07, 6.45) is 0.0456. The van der Waals surface area contributed by atoms with Crippen LogP contribution in [0, 0.1) is 10.1 Å². The van der Waals surface area contributed by atoms with E-state index >= 15 is 0 Å². The van der Waals surface area contributed by atoms with Crippen molar-refractivity contribution in [2.75, 3.05) is 0 Å². The van der Waals surface area contributed by atoms with Gasteiger partial charge in [0.15, 0.2) is 0 Å². The summed E-state index contributed by atoms with van der Waals surface area (Å²) in [6.45, 7) is 5.13. The van der Waals surface area contributed by atoms with Gasteiger partial charge in [-0.25, -0.2) is 4.79 Å². The molecule has 0 aliphatic carbocycles. The van der Waals surface area contributed by atoms with Crippen molar-refractivity contribution >= 4 is 34.3 Å². The lowest BCUT2D eigenvalue weighted by Gasteiger charge is -2.49. The number of non-ortho nitro benzene ring substituents is 1. The fraction of sp³-hybridized carbons (Fsp3) is 0.208. The van der Waals surface area contributed by atoms with Gasteiger partial charge >= 0.3 is 5.97 Å². The van der Waals surface area contributed by atoms with Crippen LogP contribution in [-0.4, -0.2) is 43.2 Å². The maximum Gasteiger partial charge on any atom is 0.355 e. The standard InChI is InChI=1S/C24H21N3O7S/c1-14-15(2)35(33)23-20(25-19(28)12-16-6-4-3-5-7-16)22(29)26(23)21(14)24(30)34-13-17-8-10-18(11-9-17)27(31)32/h3-11,20,23H,2,12-13H2,1H3,(H,25,28)/t20-,23-,35?/m1/s1. The predicted octanol–water partition coefficient (Wildman–Crippen LogP) is 2.08. The third-order valence-electron chi connectivity index (χ3n) is 5.75. The number of carbonyl (C=O) groups is 3. The molecule has 11 heteroatoms. The molecule has 2 aliphatic heterocycles. The van der Waals surface area contributed by atoms with Crippen LogP contribution >= 0.6 is 0 Å². The zero-order chi connectivity index (χ0) is 25.3. The number of esters is 1. The number of allylic oxidation sites excluding steroid dienone is 1. The number of hydrogen-bond donors (Lipinski definition) is 1. The maximum absolute atomic E-state index is 13.0. The molecule has 1 unspecified atom stereocenters. The second-order valence-corrected chi connectivity index (χ2v) is 9.57. The van der Waals surface area contributed by atoms with E-state index in [4.69, 9.17) is 4.74 Å². The Bertz CT molecular complexity index is 1290. The third-order valence-corrected chi connectivity index (χ3v) is 7.47. The number of rotatable bonds is 7. The molecular weight excluding hydrogens is 474 g/mol. The van der Waals surface area contributed by atoms with E-state index < -0.39 is 44.9 Å². The van der Waals surface area contributed by atoms with Crippen molar-refractivity contribution in [1.29, 1.82) is 0 Å². The Morgan fingerprint density at radius 1 is 1.14 bits per heavy atom. The van der Waals surface area contributed by atoms with Crippen LogP contribution in [0.5, 0.6) is 0 Å². The first-order valence-electron chi connectivity index (χ1n) is 10.6. The molecule has 0 saturated carbocycles. The highest BCUT2D eigenvalue weighted by molar-refractivity contribution is 7.90. The molecule has 35 heavy (non-hydrogen) atoms. The molecule has 2 amide bonds. The second-order valence-electron chi connectivity index (χ2n) is 8.00. The lowest BCUT2D eigenvalue weighted by atomic mass is 10.0. The SMILES string of the molecule is C=C1C(C)=C(C(=O)OCc2ccc([N+](=O)[O-])cc2)N2C(=O)[C@@H](NC(=O)Cc3ccccc3)[C@H]2S1=O. The van der Waals surface area contributed by atoms with Gasteiger partial charge in [0.2, 0.25) is 5.91 Å². The molecule has 0 bridgehead atoms. The van der Waals surface area contributed by atoms with Crippen LogP contribution in [0.2, 0.25) is 0 Å². The largest absolute Gasteiger partial charge is 0.456 e. The molecule has 180 valence electrons. The number of carbonyl (C=O) groups excluding carboxylic acids is 3. The van der Waals surface area contributed by atoms with Crippen LogP contribution in [0.25, 0.3) is 0 Å². The molecule has 0 aromatic heterocycles. The van der Waals surface area contributed by atoms with Gasteiger partial charge in [0.1, 0.15) is 23.7 Å². The Balaban J connectivity index is 1.47. The van der Waals surface area contributed by atoms with Crippen LogP contribution in [0.3, 0.4) is 0 Å². The third kappa shape index (κ3) is 4.62. The number of benzene rings is 2. The predicted molar refractivity (Wildman–Crippen MR) is 126 cm³/mol. The van der Waals surface area contributed by atoms with Crippen LogP contribution in [0.4, 0.5) is 5.69 Å². The first-order valence-corrected chi connectivity index (χ1v) is 11.8. The first kappa shape index (κ1) is 24.0. The van der Waals surface area contributed by atoms with Crippen molar-refractivity contribution in [1.82, 2.24) is 10.2 Å². The topological polar surface area (TPSA) is 136 Å². The quantitative estimate of drug-likeness (QED) is 0.269. The van der Waals surface area contributed by atoms with Gasteiger partial charge in [-0.05, 0) is 35.8 Å². The molecule has 1 N–H and O–H groups in total. The zero-order valence-electron chi connectivity index (χ0n) is 18.6. The summed E-state index contributed by atoms with van der Waals surface area (Å²) >= 11 is 0. The van der Waals surface area contributed by atoms with E-state index in [1.807, 2.05) is 6.07 Å². The first-order chi connectivity index (χ1) is 16.7. The smallest absolute Gasteiger partial charge is 0.355 e. The summed E-state index contributed by atoms with van der Waals surface area (Å²) in [6, 6.07) is 13.4. The lowest BCUT2D eigenvalue weighted by Crippen LogP contribution is -2.73. The molecule has 10 nitrogen and oxygen atoms in total. The van der Waals surface area contributed by atoms with E-state index in [2.05, 4.69) is 11.9 Å². The number of nitro benzene ring substituents is 1. The van der Waals surface area contributed by atoms with Gasteiger partial charge in [0.05, 0.1) is 22.1 Å². The Labute approximate surface area is 202 Å². The van der Waals surface area contributed by atoms with Crippen LogP contribution in [0.1, 0.15) is 18.1 Å². The number of amides is 2. The Hall–Kier alpha value is -4.12. The minimum Gasteiger partial charge on any atom is -0.456 e. The van der Waals surface area contributed by atoms with Crippen molar-refractivity contribution in [3.8, 4) is 0 Å². The number of fused-ring (bicyclic) bond motifs is 1. The van der Waals surface area contributed by atoms with Crippen molar-refractivity contribution in [3.63, 3.8) is 0 Å². The van der Waals surface area contributed by atoms with Crippen LogP contribution in [-0.2, 0) is 42.9 Å². The number of ether oxygens (including phenoxy) is 1. The Morgan fingerprint density at radius 3 is 2.43 bits per heavy atom. The van der Waals surface area contributed by atoms with E-state index in [1.54, 1.807) is 24.3 Å². The molecule has 2 aliphatic rings. The van der Waals surface area contributed by atoms with E-state index in [1.165, 1.54) is 31.2 Å². The van der Waals surface area contributed by atoms with Gasteiger partial charge in [-0.3, -0.25) is 28.8 Å². The normalized spacial score (nSPS) is 21.2. The van der Waals surface area contributed by atoms with Crippen molar-refractivity contribution in [2.24, 2.45) is 0 Å². The average Bonchev–Trinajstić information content (AvgIpc) is 2.85. The fourth-order valence-corrected chi connectivity index (χ4v) is 5.37. The van der Waals surface area contributed by atoms with E-state index in [0.717, 1.165) is 10.5 Å².